The molecule has 0 amide bonds. The number of carbonyl (C=O) groups excluding carboxylic acids is 1. The lowest BCUT2D eigenvalue weighted by molar-refractivity contribution is -0.387. The van der Waals surface area contributed by atoms with E-state index in [1.807, 2.05) is 0 Å². The quantitative estimate of drug-likeness (QED) is 0.269. The molecule has 0 aliphatic heterocycles. The summed E-state index contributed by atoms with van der Waals surface area (Å²) in [5.41, 5.74) is 1.56. The van der Waals surface area contributed by atoms with Crippen LogP contribution in [0, 0.1) is 17.0 Å². The normalized spacial score (nSPS) is 11.0. The molecule has 0 aliphatic carbocycles. The lowest BCUT2D eigenvalue weighted by Crippen LogP contribution is -2.03. The van der Waals surface area contributed by atoms with E-state index in [0.29, 0.717) is 39.3 Å². The minimum Gasteiger partial charge on any atom is -0.462 e. The zero-order chi connectivity index (χ0) is 20.8. The van der Waals surface area contributed by atoms with Crippen molar-refractivity contribution in [2.45, 2.75) is 23.9 Å². The molecule has 3 rings (SSSR count). The Bertz CT molecular complexity index is 1060. The number of nitrogens with zero attached hydrogens (tertiary/aromatic N) is 4. The number of aromatic amines is 1. The zero-order valence-electron chi connectivity index (χ0n) is 15.7. The average molecular weight is 411 g/mol. The van der Waals surface area contributed by atoms with E-state index in [4.69, 9.17) is 4.74 Å². The summed E-state index contributed by atoms with van der Waals surface area (Å²) in [5.74, 6) is 0.237. The lowest BCUT2D eigenvalue weighted by Gasteiger charge is -2.02. The Morgan fingerprint density at radius 2 is 2.07 bits per heavy atom. The van der Waals surface area contributed by atoms with Crippen molar-refractivity contribution in [1.29, 1.82) is 0 Å². The van der Waals surface area contributed by atoms with Crippen LogP contribution in [0.15, 0.2) is 57.5 Å². The Morgan fingerprint density at radius 1 is 1.31 bits per heavy atom. The number of nitrogens with one attached hydrogen (secondary N) is 1. The molecular formula is C19H17N5O4S. The highest BCUT2D eigenvalue weighted by Crippen LogP contribution is 2.33. The van der Waals surface area contributed by atoms with Crippen molar-refractivity contribution < 1.29 is 14.5 Å². The van der Waals surface area contributed by atoms with E-state index in [0.717, 1.165) is 11.8 Å². The molecule has 1 N–H and O–H groups in total. The third-order valence-electron chi connectivity index (χ3n) is 3.70. The summed E-state index contributed by atoms with van der Waals surface area (Å²) < 4.78 is 4.93. The Kier molecular flexibility index (Phi) is 6.35. The van der Waals surface area contributed by atoms with Crippen LogP contribution in [0.2, 0.25) is 0 Å². The number of esters is 1. The monoisotopic (exact) mass is 411 g/mol. The highest BCUT2D eigenvalue weighted by Gasteiger charge is 2.17. The molecule has 0 atom stereocenters. The van der Waals surface area contributed by atoms with Crippen molar-refractivity contribution >= 4 is 35.3 Å². The molecule has 0 spiro atoms. The van der Waals surface area contributed by atoms with Gasteiger partial charge in [-0.05, 0) is 61.5 Å². The molecule has 3 aromatic rings. The van der Waals surface area contributed by atoms with Gasteiger partial charge >= 0.3 is 5.97 Å². The summed E-state index contributed by atoms with van der Waals surface area (Å²) in [6, 6.07) is 11.4. The summed E-state index contributed by atoms with van der Waals surface area (Å²) in [4.78, 5) is 31.6. The van der Waals surface area contributed by atoms with Gasteiger partial charge in [-0.1, -0.05) is 6.07 Å². The maximum absolute atomic E-state index is 11.7. The first-order chi connectivity index (χ1) is 14.0. The summed E-state index contributed by atoms with van der Waals surface area (Å²) in [7, 11) is 0. The standard InChI is InChI=1S/C19H17N5O4S/c1-3-28-18(25)14-5-7-15(8-6-14)20-11-13-4-9-17(16(10-13)24(26)27)29-19-21-12(2)22-23-19/h4-11H,3H2,1-2H3,(H,21,22,23). The Hall–Kier alpha value is -3.53. The highest BCUT2D eigenvalue weighted by molar-refractivity contribution is 7.99. The van der Waals surface area contributed by atoms with Crippen LogP contribution in [0.25, 0.3) is 0 Å². The predicted molar refractivity (Wildman–Crippen MR) is 108 cm³/mol. The summed E-state index contributed by atoms with van der Waals surface area (Å²) in [5, 5.41) is 18.6. The van der Waals surface area contributed by atoms with Gasteiger partial charge in [-0.3, -0.25) is 20.2 Å². The third-order valence-corrected chi connectivity index (χ3v) is 4.63. The number of carbonyl (C=O) groups is 1. The van der Waals surface area contributed by atoms with Crippen molar-refractivity contribution in [1.82, 2.24) is 15.2 Å². The molecule has 0 bridgehead atoms. The number of nitro groups is 1. The maximum Gasteiger partial charge on any atom is 0.338 e. The van der Waals surface area contributed by atoms with Crippen LogP contribution in [0.4, 0.5) is 11.4 Å². The van der Waals surface area contributed by atoms with E-state index < -0.39 is 10.9 Å². The van der Waals surface area contributed by atoms with Crippen LogP contribution in [-0.4, -0.2) is 38.9 Å². The van der Waals surface area contributed by atoms with E-state index in [9.17, 15) is 14.9 Å². The van der Waals surface area contributed by atoms with Crippen LogP contribution in [0.1, 0.15) is 28.7 Å². The lowest BCUT2D eigenvalue weighted by atomic mass is 10.2. The van der Waals surface area contributed by atoms with Gasteiger partial charge in [-0.15, -0.1) is 5.10 Å². The van der Waals surface area contributed by atoms with Crippen molar-refractivity contribution in [3.05, 3.63) is 69.5 Å². The number of nitro benzene ring substituents is 1. The Labute approximate surface area is 170 Å². The van der Waals surface area contributed by atoms with E-state index in [1.54, 1.807) is 50.2 Å². The van der Waals surface area contributed by atoms with Gasteiger partial charge in [0.2, 0.25) is 5.16 Å². The predicted octanol–water partition coefficient (Wildman–Crippen LogP) is 4.10. The number of hydrogen-bond donors (Lipinski definition) is 1. The fourth-order valence-electron chi connectivity index (χ4n) is 2.36. The molecular weight excluding hydrogens is 394 g/mol. The van der Waals surface area contributed by atoms with Crippen molar-refractivity contribution in [2.75, 3.05) is 6.61 Å². The van der Waals surface area contributed by atoms with E-state index in [2.05, 4.69) is 20.2 Å². The third kappa shape index (κ3) is 5.26. The number of benzene rings is 2. The Morgan fingerprint density at radius 3 is 2.69 bits per heavy atom. The fraction of sp³-hybridized carbons (Fsp3) is 0.158. The average Bonchev–Trinajstić information content (AvgIpc) is 3.12. The van der Waals surface area contributed by atoms with Crippen molar-refractivity contribution in [3.8, 4) is 0 Å². The van der Waals surface area contributed by atoms with Gasteiger partial charge in [0.1, 0.15) is 5.82 Å². The van der Waals surface area contributed by atoms with Gasteiger partial charge in [-0.25, -0.2) is 9.78 Å². The van der Waals surface area contributed by atoms with Crippen molar-refractivity contribution in [3.63, 3.8) is 0 Å². The molecule has 0 unspecified atom stereocenters. The minimum absolute atomic E-state index is 0.0564. The van der Waals surface area contributed by atoms with Gasteiger partial charge < -0.3 is 4.74 Å². The largest absolute Gasteiger partial charge is 0.462 e. The summed E-state index contributed by atoms with van der Waals surface area (Å²) in [6.45, 7) is 3.80. The van der Waals surface area contributed by atoms with Crippen LogP contribution in [-0.2, 0) is 4.74 Å². The maximum atomic E-state index is 11.7. The van der Waals surface area contributed by atoms with Crippen molar-refractivity contribution in [2.24, 2.45) is 4.99 Å². The van der Waals surface area contributed by atoms with Gasteiger partial charge in [0, 0.05) is 12.3 Å². The topological polar surface area (TPSA) is 123 Å². The van der Waals surface area contributed by atoms with Crippen LogP contribution < -0.4 is 0 Å². The number of hydrogen-bond acceptors (Lipinski definition) is 8. The van der Waals surface area contributed by atoms with Crippen LogP contribution in [0.3, 0.4) is 0 Å². The summed E-state index contributed by atoms with van der Waals surface area (Å²) >= 11 is 1.11. The Balaban J connectivity index is 1.77. The highest BCUT2D eigenvalue weighted by atomic mass is 32.2. The molecule has 0 aliphatic rings. The second-order valence-corrected chi connectivity index (χ2v) is 6.82. The molecule has 10 heteroatoms. The molecule has 1 aromatic heterocycles. The number of ether oxygens (including phenoxy) is 1. The van der Waals surface area contributed by atoms with Gasteiger partial charge in [-0.2, -0.15) is 0 Å². The molecule has 29 heavy (non-hydrogen) atoms. The van der Waals surface area contributed by atoms with Gasteiger partial charge in [0.05, 0.1) is 27.7 Å². The molecule has 0 fully saturated rings. The number of H-pyrrole nitrogens is 1. The smallest absolute Gasteiger partial charge is 0.338 e. The molecule has 0 saturated carbocycles. The SMILES string of the molecule is CCOC(=O)c1ccc(N=Cc2ccc(Sc3n[nH]c(C)n3)c([N+](=O)[O-])c2)cc1. The number of aryl methyl sites for hydroxylation is 1. The first-order valence-electron chi connectivity index (χ1n) is 8.63. The molecule has 1 heterocycles. The zero-order valence-corrected chi connectivity index (χ0v) is 16.5. The molecule has 2 aromatic carbocycles. The second kappa shape index (κ2) is 9.11. The van der Waals surface area contributed by atoms with Gasteiger partial charge in [0.15, 0.2) is 0 Å². The fourth-order valence-corrected chi connectivity index (χ4v) is 3.20. The van der Waals surface area contributed by atoms with E-state index in [1.165, 1.54) is 12.3 Å². The summed E-state index contributed by atoms with van der Waals surface area (Å²) in [6.07, 6.45) is 1.53. The van der Waals surface area contributed by atoms with Crippen LogP contribution in [0.5, 0.6) is 0 Å². The molecule has 148 valence electrons. The number of rotatable bonds is 7. The van der Waals surface area contributed by atoms with Gasteiger partial charge in [0.25, 0.3) is 5.69 Å². The van der Waals surface area contributed by atoms with E-state index >= 15 is 0 Å². The molecule has 0 radical (unpaired) electrons. The first-order valence-corrected chi connectivity index (χ1v) is 9.44. The minimum atomic E-state index is -0.451. The number of aliphatic imine (C=N–C) groups is 1. The second-order valence-electron chi connectivity index (χ2n) is 5.82. The molecule has 0 saturated heterocycles. The van der Waals surface area contributed by atoms with E-state index in [-0.39, 0.29) is 5.69 Å². The number of aromatic nitrogens is 3. The molecule has 9 nitrogen and oxygen atoms in total. The first kappa shape index (κ1) is 20.2. The van der Waals surface area contributed by atoms with Crippen LogP contribution >= 0.6 is 11.8 Å².